The summed E-state index contributed by atoms with van der Waals surface area (Å²) in [6.45, 7) is 1.76. The van der Waals surface area contributed by atoms with Gasteiger partial charge in [-0.25, -0.2) is 25.9 Å². The number of aromatic amines is 1. The van der Waals surface area contributed by atoms with Gasteiger partial charge >= 0.3 is 0 Å². The lowest BCUT2D eigenvalue weighted by Crippen LogP contribution is -2.30. The highest BCUT2D eigenvalue weighted by Crippen LogP contribution is 2.29. The number of benzene rings is 2. The van der Waals surface area contributed by atoms with Crippen molar-refractivity contribution in [1.29, 1.82) is 0 Å². The van der Waals surface area contributed by atoms with Gasteiger partial charge in [-0.15, -0.1) is 0 Å². The number of nitrogens with one attached hydrogen (secondary N) is 2. The van der Waals surface area contributed by atoms with Crippen molar-refractivity contribution in [1.82, 2.24) is 9.71 Å². The third kappa shape index (κ3) is 3.73. The van der Waals surface area contributed by atoms with Crippen LogP contribution in [-0.4, -0.2) is 40.0 Å². The Kier molecular flexibility index (Phi) is 5.16. The van der Waals surface area contributed by atoms with Gasteiger partial charge in [-0.05, 0) is 42.3 Å². The van der Waals surface area contributed by atoms with E-state index in [1.165, 1.54) is 24.3 Å². The fraction of sp³-hybridized carbons (Fsp3) is 0.250. The zero-order valence-corrected chi connectivity index (χ0v) is 17.8. The molecule has 1 saturated heterocycles. The predicted octanol–water partition coefficient (Wildman–Crippen LogP) is 2.00. The Hall–Kier alpha value is -2.69. The molecule has 2 aromatic carbocycles. The lowest BCUT2D eigenvalue weighted by molar-refractivity contribution is -0.119. The van der Waals surface area contributed by atoms with Crippen molar-refractivity contribution in [2.45, 2.75) is 18.2 Å². The largest absolute Gasteiger partial charge is 0.361 e. The lowest BCUT2D eigenvalue weighted by Gasteiger charge is -2.15. The summed E-state index contributed by atoms with van der Waals surface area (Å²) < 4.78 is 52.8. The normalized spacial score (nSPS) is 18.9. The number of rotatable bonds is 6. The van der Waals surface area contributed by atoms with Crippen LogP contribution < -0.4 is 9.03 Å². The number of nitrogens with zero attached hydrogens (tertiary/aromatic N) is 1. The molecule has 0 radical (unpaired) electrons. The van der Waals surface area contributed by atoms with Crippen LogP contribution in [0.4, 0.5) is 5.69 Å². The van der Waals surface area contributed by atoms with Crippen LogP contribution in [0.5, 0.6) is 0 Å². The van der Waals surface area contributed by atoms with E-state index in [0.29, 0.717) is 6.42 Å². The molecule has 1 amide bonds. The highest BCUT2D eigenvalue weighted by Gasteiger charge is 2.41. The van der Waals surface area contributed by atoms with E-state index in [0.717, 1.165) is 20.8 Å². The van der Waals surface area contributed by atoms with E-state index in [9.17, 15) is 21.6 Å². The molecule has 1 aliphatic rings. The van der Waals surface area contributed by atoms with E-state index in [1.54, 1.807) is 6.92 Å². The van der Waals surface area contributed by atoms with Crippen molar-refractivity contribution in [2.24, 2.45) is 5.92 Å². The van der Waals surface area contributed by atoms with Gasteiger partial charge in [0.15, 0.2) is 0 Å². The lowest BCUT2D eigenvalue weighted by atomic mass is 10.1. The Morgan fingerprint density at radius 3 is 2.50 bits per heavy atom. The number of H-pyrrole nitrogens is 1. The van der Waals surface area contributed by atoms with Crippen molar-refractivity contribution < 1.29 is 21.6 Å². The van der Waals surface area contributed by atoms with Crippen LogP contribution >= 0.6 is 0 Å². The van der Waals surface area contributed by atoms with Gasteiger partial charge in [-0.2, -0.15) is 0 Å². The third-order valence-electron chi connectivity index (χ3n) is 5.10. The zero-order valence-electron chi connectivity index (χ0n) is 16.2. The van der Waals surface area contributed by atoms with Crippen molar-refractivity contribution in [3.8, 4) is 0 Å². The molecule has 8 nitrogen and oxygen atoms in total. The summed E-state index contributed by atoms with van der Waals surface area (Å²) >= 11 is 0. The molecule has 1 aliphatic heterocycles. The van der Waals surface area contributed by atoms with Crippen molar-refractivity contribution in [2.75, 3.05) is 16.6 Å². The van der Waals surface area contributed by atoms with Gasteiger partial charge in [0.1, 0.15) is 0 Å². The minimum Gasteiger partial charge on any atom is -0.361 e. The molecule has 1 fully saturated rings. The number of amides is 1. The maximum absolute atomic E-state index is 12.6. The van der Waals surface area contributed by atoms with E-state index >= 15 is 0 Å². The smallest absolute Gasteiger partial charge is 0.244 e. The molecule has 0 bridgehead atoms. The van der Waals surface area contributed by atoms with Crippen LogP contribution in [0.25, 0.3) is 10.9 Å². The number of anilines is 1. The fourth-order valence-electron chi connectivity index (χ4n) is 3.59. The van der Waals surface area contributed by atoms with Gasteiger partial charge in [0, 0.05) is 23.6 Å². The van der Waals surface area contributed by atoms with E-state index in [2.05, 4.69) is 9.71 Å². The molecule has 0 spiro atoms. The minimum absolute atomic E-state index is 0.00210. The Labute approximate surface area is 175 Å². The summed E-state index contributed by atoms with van der Waals surface area (Å²) in [5.41, 5.74) is 2.14. The molecule has 158 valence electrons. The van der Waals surface area contributed by atoms with Crippen LogP contribution in [0.3, 0.4) is 0 Å². The molecule has 0 saturated carbocycles. The Morgan fingerprint density at radius 1 is 1.13 bits per heavy atom. The van der Waals surface area contributed by atoms with E-state index in [4.69, 9.17) is 0 Å². The van der Waals surface area contributed by atoms with Gasteiger partial charge in [-0.3, -0.25) is 4.79 Å². The number of aromatic nitrogens is 1. The standard InChI is InChI=1S/C20H21N3O5S2/c1-14-13-29(25,26)23(20(14)24)16-6-8-17(9-7-16)30(27,28)22-11-10-15-12-21-19-5-3-2-4-18(15)19/h2-9,12,14,21-22H,10-11,13H2,1H3/t14-/m0/s1. The number of sulfonamides is 2. The summed E-state index contributed by atoms with van der Waals surface area (Å²) in [5.74, 6) is -1.38. The average Bonchev–Trinajstić information content (AvgIpc) is 3.19. The molecule has 0 aliphatic carbocycles. The van der Waals surface area contributed by atoms with Gasteiger partial charge < -0.3 is 4.98 Å². The van der Waals surface area contributed by atoms with Gasteiger partial charge in [0.25, 0.3) is 0 Å². The average molecular weight is 448 g/mol. The fourth-order valence-corrected chi connectivity index (χ4v) is 6.44. The minimum atomic E-state index is -3.77. The predicted molar refractivity (Wildman–Crippen MR) is 114 cm³/mol. The Morgan fingerprint density at radius 2 is 1.83 bits per heavy atom. The second kappa shape index (κ2) is 7.53. The Balaban J connectivity index is 1.46. The summed E-state index contributed by atoms with van der Waals surface area (Å²) in [6.07, 6.45) is 2.38. The Bertz CT molecular complexity index is 1310. The van der Waals surface area contributed by atoms with Crippen LogP contribution in [0.2, 0.25) is 0 Å². The maximum Gasteiger partial charge on any atom is 0.244 e. The van der Waals surface area contributed by atoms with Crippen molar-refractivity contribution in [3.05, 3.63) is 60.3 Å². The number of carbonyl (C=O) groups excluding carboxylic acids is 1. The monoisotopic (exact) mass is 447 g/mol. The maximum atomic E-state index is 12.6. The number of carbonyl (C=O) groups is 1. The van der Waals surface area contributed by atoms with Crippen molar-refractivity contribution in [3.63, 3.8) is 0 Å². The molecule has 2 N–H and O–H groups in total. The highest BCUT2D eigenvalue weighted by molar-refractivity contribution is 7.94. The SMILES string of the molecule is C[C@H]1CS(=O)(=O)N(c2ccc(S(=O)(=O)NCCc3c[nH]c4ccccc34)cc2)C1=O. The molecule has 3 aromatic rings. The van der Waals surface area contributed by atoms with E-state index < -0.39 is 31.9 Å². The number of hydrogen-bond donors (Lipinski definition) is 2. The molecule has 1 atom stereocenters. The quantitative estimate of drug-likeness (QED) is 0.600. The molecule has 2 heterocycles. The molecule has 4 rings (SSSR count). The summed E-state index contributed by atoms with van der Waals surface area (Å²) in [7, 11) is -7.50. The van der Waals surface area contributed by atoms with E-state index in [1.807, 2.05) is 30.5 Å². The third-order valence-corrected chi connectivity index (χ3v) is 8.45. The summed E-state index contributed by atoms with van der Waals surface area (Å²) in [5, 5.41) is 1.05. The van der Waals surface area contributed by atoms with Gasteiger partial charge in [0.2, 0.25) is 26.0 Å². The first-order chi connectivity index (χ1) is 14.2. The topological polar surface area (TPSA) is 116 Å². The molecule has 30 heavy (non-hydrogen) atoms. The highest BCUT2D eigenvalue weighted by atomic mass is 32.2. The first-order valence-electron chi connectivity index (χ1n) is 9.40. The van der Waals surface area contributed by atoms with Crippen molar-refractivity contribution >= 4 is 42.5 Å². The zero-order chi connectivity index (χ0) is 21.5. The summed E-state index contributed by atoms with van der Waals surface area (Å²) in [4.78, 5) is 15.3. The van der Waals surface area contributed by atoms with Crippen LogP contribution in [-0.2, 0) is 31.3 Å². The summed E-state index contributed by atoms with van der Waals surface area (Å²) in [6, 6.07) is 13.1. The molecule has 0 unspecified atom stereocenters. The molecule has 10 heteroatoms. The number of para-hydroxylation sites is 1. The van der Waals surface area contributed by atoms with Crippen LogP contribution in [0.1, 0.15) is 12.5 Å². The number of fused-ring (bicyclic) bond motifs is 1. The van der Waals surface area contributed by atoms with E-state index in [-0.39, 0.29) is 22.9 Å². The second-order valence-electron chi connectivity index (χ2n) is 7.28. The molecular weight excluding hydrogens is 426 g/mol. The molecular formula is C20H21N3O5S2. The first-order valence-corrected chi connectivity index (χ1v) is 12.5. The van der Waals surface area contributed by atoms with Crippen LogP contribution in [0.15, 0.2) is 59.6 Å². The van der Waals surface area contributed by atoms with Gasteiger partial charge in [-0.1, -0.05) is 25.1 Å². The number of hydrogen-bond acceptors (Lipinski definition) is 5. The molecule has 1 aromatic heterocycles. The first kappa shape index (κ1) is 20.6. The van der Waals surface area contributed by atoms with Gasteiger partial charge in [0.05, 0.1) is 22.3 Å². The van der Waals surface area contributed by atoms with Crippen LogP contribution in [0, 0.1) is 5.92 Å². The second-order valence-corrected chi connectivity index (χ2v) is 10.9.